The van der Waals surface area contributed by atoms with Crippen molar-refractivity contribution < 1.29 is 4.57 Å². The lowest BCUT2D eigenvalue weighted by molar-refractivity contribution is -0.645. The topological polar surface area (TPSA) is 26.1 Å². The number of aryl methyl sites for hydroxylation is 1. The molecule has 20 heavy (non-hydrogen) atoms. The molecular formula is C16H13N4+. The molecule has 96 valence electrons. The van der Waals surface area contributed by atoms with E-state index < -0.39 is 0 Å². The van der Waals surface area contributed by atoms with Gasteiger partial charge in [0.25, 0.3) is 5.82 Å². The molecule has 4 heteroatoms. The van der Waals surface area contributed by atoms with Gasteiger partial charge in [0.05, 0.1) is 25.0 Å². The highest BCUT2D eigenvalue weighted by molar-refractivity contribution is 5.91. The van der Waals surface area contributed by atoms with Gasteiger partial charge < -0.3 is 4.40 Å². The second kappa shape index (κ2) is 3.28. The van der Waals surface area contributed by atoms with Crippen molar-refractivity contribution in [1.82, 2.24) is 14.0 Å². The Balaban J connectivity index is 1.99. The van der Waals surface area contributed by atoms with Crippen LogP contribution in [0.4, 0.5) is 0 Å². The fourth-order valence-corrected chi connectivity index (χ4v) is 3.44. The van der Waals surface area contributed by atoms with Crippen LogP contribution in [0.2, 0.25) is 0 Å². The SMILES string of the molecule is Cn1c2[n+](c3c1cn1ccncc31)Cc1ccccc1-2. The molecule has 3 aromatic heterocycles. The maximum Gasteiger partial charge on any atom is 0.290 e. The second-order valence-corrected chi connectivity index (χ2v) is 5.36. The molecule has 0 fully saturated rings. The summed E-state index contributed by atoms with van der Waals surface area (Å²) >= 11 is 0. The Morgan fingerprint density at radius 2 is 2.10 bits per heavy atom. The minimum Gasteiger partial charge on any atom is -0.313 e. The molecule has 4 aromatic rings. The Kier molecular flexibility index (Phi) is 1.67. The third-order valence-corrected chi connectivity index (χ3v) is 4.33. The van der Waals surface area contributed by atoms with Crippen molar-refractivity contribution in [3.8, 4) is 11.4 Å². The number of imidazole rings is 1. The number of hydrogen-bond acceptors (Lipinski definition) is 1. The van der Waals surface area contributed by atoms with Gasteiger partial charge in [-0.25, -0.2) is 9.13 Å². The van der Waals surface area contributed by atoms with E-state index in [0.717, 1.165) is 12.1 Å². The minimum atomic E-state index is 0.942. The number of hydrogen-bond donors (Lipinski definition) is 0. The Bertz CT molecular complexity index is 990. The first-order valence-corrected chi connectivity index (χ1v) is 6.76. The fraction of sp³-hybridized carbons (Fsp3) is 0.125. The molecule has 4 heterocycles. The van der Waals surface area contributed by atoms with Crippen molar-refractivity contribution in [2.24, 2.45) is 7.05 Å². The Labute approximate surface area is 115 Å². The predicted octanol–water partition coefficient (Wildman–Crippen LogP) is 2.14. The van der Waals surface area contributed by atoms with Gasteiger partial charge in [0, 0.05) is 18.0 Å². The van der Waals surface area contributed by atoms with Crippen LogP contribution in [0.15, 0.2) is 49.1 Å². The molecule has 0 saturated heterocycles. The summed E-state index contributed by atoms with van der Waals surface area (Å²) in [6.07, 6.45) is 7.95. The lowest BCUT2D eigenvalue weighted by Gasteiger charge is -1.94. The van der Waals surface area contributed by atoms with E-state index in [2.05, 4.69) is 56.0 Å². The summed E-state index contributed by atoms with van der Waals surface area (Å²) in [6, 6.07) is 8.65. The summed E-state index contributed by atoms with van der Waals surface area (Å²) in [6.45, 7) is 0.942. The monoisotopic (exact) mass is 261 g/mol. The Morgan fingerprint density at radius 1 is 1.20 bits per heavy atom. The van der Waals surface area contributed by atoms with Gasteiger partial charge in [0.15, 0.2) is 5.52 Å². The van der Waals surface area contributed by atoms with Crippen molar-refractivity contribution in [1.29, 1.82) is 0 Å². The molecule has 1 aliphatic rings. The maximum absolute atomic E-state index is 4.28. The molecular weight excluding hydrogens is 248 g/mol. The van der Waals surface area contributed by atoms with Gasteiger partial charge in [-0.1, -0.05) is 18.2 Å². The molecule has 4 nitrogen and oxygen atoms in total. The molecule has 0 spiro atoms. The van der Waals surface area contributed by atoms with Gasteiger partial charge in [0.2, 0.25) is 5.52 Å². The van der Waals surface area contributed by atoms with Gasteiger partial charge >= 0.3 is 0 Å². The average molecular weight is 261 g/mol. The van der Waals surface area contributed by atoms with E-state index >= 15 is 0 Å². The zero-order chi connectivity index (χ0) is 13.3. The normalized spacial score (nSPS) is 13.1. The van der Waals surface area contributed by atoms with E-state index in [9.17, 15) is 0 Å². The highest BCUT2D eigenvalue weighted by Crippen LogP contribution is 2.32. The van der Waals surface area contributed by atoms with E-state index in [1.807, 2.05) is 18.6 Å². The summed E-state index contributed by atoms with van der Waals surface area (Å²) in [7, 11) is 2.14. The van der Waals surface area contributed by atoms with Crippen molar-refractivity contribution in [2.75, 3.05) is 0 Å². The fourth-order valence-electron chi connectivity index (χ4n) is 3.44. The van der Waals surface area contributed by atoms with Gasteiger partial charge in [-0.3, -0.25) is 4.98 Å². The quantitative estimate of drug-likeness (QED) is 0.392. The number of aromatic nitrogens is 4. The summed E-state index contributed by atoms with van der Waals surface area (Å²) in [5.41, 5.74) is 6.42. The number of rotatable bonds is 0. The highest BCUT2D eigenvalue weighted by Gasteiger charge is 2.33. The van der Waals surface area contributed by atoms with E-state index in [0.29, 0.717) is 0 Å². The first-order valence-electron chi connectivity index (χ1n) is 6.76. The van der Waals surface area contributed by atoms with Crippen LogP contribution in [0.1, 0.15) is 5.56 Å². The first kappa shape index (κ1) is 10.2. The molecule has 0 bridgehead atoms. The summed E-state index contributed by atoms with van der Waals surface area (Å²) in [4.78, 5) is 4.28. The van der Waals surface area contributed by atoms with Crippen LogP contribution in [-0.2, 0) is 13.6 Å². The Hall–Kier alpha value is -2.62. The predicted molar refractivity (Wildman–Crippen MR) is 76.4 cm³/mol. The van der Waals surface area contributed by atoms with Gasteiger partial charge in [-0.05, 0) is 6.07 Å². The molecule has 0 N–H and O–H groups in total. The van der Waals surface area contributed by atoms with Crippen molar-refractivity contribution in [2.45, 2.75) is 6.54 Å². The number of benzene rings is 1. The molecule has 0 aliphatic carbocycles. The second-order valence-electron chi connectivity index (χ2n) is 5.36. The summed E-state index contributed by atoms with van der Waals surface area (Å²) in [5.74, 6) is 1.29. The van der Waals surface area contributed by atoms with Crippen LogP contribution in [0.5, 0.6) is 0 Å². The number of nitrogens with zero attached hydrogens (tertiary/aromatic N) is 4. The minimum absolute atomic E-state index is 0.942. The van der Waals surface area contributed by atoms with Gasteiger partial charge in [-0.15, -0.1) is 0 Å². The van der Waals surface area contributed by atoms with Crippen molar-refractivity contribution in [3.63, 3.8) is 0 Å². The molecule has 1 aromatic carbocycles. The van der Waals surface area contributed by atoms with Crippen LogP contribution in [0, 0.1) is 0 Å². The number of fused-ring (bicyclic) bond motifs is 7. The lowest BCUT2D eigenvalue weighted by Crippen LogP contribution is -2.31. The molecule has 0 atom stereocenters. The van der Waals surface area contributed by atoms with Crippen LogP contribution < -0.4 is 4.57 Å². The van der Waals surface area contributed by atoms with Crippen LogP contribution >= 0.6 is 0 Å². The molecule has 1 aliphatic heterocycles. The summed E-state index contributed by atoms with van der Waals surface area (Å²) in [5, 5.41) is 0. The van der Waals surface area contributed by atoms with E-state index in [4.69, 9.17) is 0 Å². The smallest absolute Gasteiger partial charge is 0.290 e. The summed E-state index contributed by atoms with van der Waals surface area (Å²) < 4.78 is 6.83. The zero-order valence-corrected chi connectivity index (χ0v) is 11.1. The largest absolute Gasteiger partial charge is 0.313 e. The van der Waals surface area contributed by atoms with Crippen molar-refractivity contribution in [3.05, 3.63) is 54.6 Å². The average Bonchev–Trinajstić information content (AvgIpc) is 3.10. The van der Waals surface area contributed by atoms with Crippen LogP contribution in [0.25, 0.3) is 27.9 Å². The van der Waals surface area contributed by atoms with Crippen LogP contribution in [-0.4, -0.2) is 14.0 Å². The van der Waals surface area contributed by atoms with E-state index in [1.54, 1.807) is 0 Å². The molecule has 0 amide bonds. The molecule has 0 radical (unpaired) electrons. The lowest BCUT2D eigenvalue weighted by atomic mass is 10.1. The van der Waals surface area contributed by atoms with E-state index in [-0.39, 0.29) is 0 Å². The van der Waals surface area contributed by atoms with E-state index in [1.165, 1.54) is 28.0 Å². The third-order valence-electron chi connectivity index (χ3n) is 4.33. The highest BCUT2D eigenvalue weighted by atomic mass is 15.2. The first-order chi connectivity index (χ1) is 9.84. The van der Waals surface area contributed by atoms with Gasteiger partial charge in [-0.2, -0.15) is 0 Å². The maximum atomic E-state index is 4.28. The van der Waals surface area contributed by atoms with Crippen molar-refractivity contribution >= 4 is 16.6 Å². The standard InChI is InChI=1S/C16H13N4/c1-18-14-10-19-7-6-17-8-13(19)15(14)20-9-11-4-2-3-5-12(11)16(18)20/h2-8,10H,9H2,1H3/q+1. The molecule has 5 rings (SSSR count). The Morgan fingerprint density at radius 3 is 3.05 bits per heavy atom. The third kappa shape index (κ3) is 1.04. The zero-order valence-electron chi connectivity index (χ0n) is 11.1. The van der Waals surface area contributed by atoms with Gasteiger partial charge in [0.1, 0.15) is 12.1 Å². The molecule has 0 unspecified atom stereocenters. The molecule has 0 saturated carbocycles. The van der Waals surface area contributed by atoms with Crippen LogP contribution in [0.3, 0.4) is 0 Å².